The molecule has 6 aromatic carbocycles. The second-order valence-electron chi connectivity index (χ2n) is 13.0. The fourth-order valence-corrected chi connectivity index (χ4v) is 9.77. The minimum atomic E-state index is 0.236. The highest BCUT2D eigenvalue weighted by Crippen LogP contribution is 2.53. The summed E-state index contributed by atoms with van der Waals surface area (Å²) in [5.41, 5.74) is 17.2. The molecule has 0 bridgehead atoms. The van der Waals surface area contributed by atoms with E-state index in [0.717, 1.165) is 19.3 Å². The molecule has 1 heterocycles. The topological polar surface area (TPSA) is 0 Å². The molecule has 0 spiro atoms. The van der Waals surface area contributed by atoms with Crippen LogP contribution in [0.25, 0.3) is 42.4 Å². The normalized spacial score (nSPS) is 17.6. The molecule has 1 aromatic heterocycles. The van der Waals surface area contributed by atoms with E-state index in [1.165, 1.54) is 86.9 Å². The largest absolute Gasteiger partial charge is 0.135 e. The van der Waals surface area contributed by atoms with Crippen LogP contribution < -0.4 is 0 Å². The van der Waals surface area contributed by atoms with Gasteiger partial charge in [-0.1, -0.05) is 133 Å². The second kappa shape index (κ2) is 10.3. The Morgan fingerprint density at radius 3 is 2.22 bits per heavy atom. The van der Waals surface area contributed by atoms with E-state index in [2.05, 4.69) is 146 Å². The highest BCUT2D eigenvalue weighted by Gasteiger charge is 2.32. The summed E-state index contributed by atoms with van der Waals surface area (Å²) in [5, 5.41) is 2.79. The van der Waals surface area contributed by atoms with E-state index in [0.29, 0.717) is 5.92 Å². The monoisotopic (exact) mass is 604 g/mol. The van der Waals surface area contributed by atoms with E-state index in [9.17, 15) is 0 Å². The van der Waals surface area contributed by atoms with Crippen LogP contribution >= 0.6 is 11.3 Å². The van der Waals surface area contributed by atoms with Gasteiger partial charge in [0.05, 0.1) is 0 Å². The molecule has 0 saturated carbocycles. The molecule has 0 amide bonds. The molecule has 0 fully saturated rings. The van der Waals surface area contributed by atoms with Crippen LogP contribution in [0.1, 0.15) is 62.8 Å². The van der Waals surface area contributed by atoms with Crippen LogP contribution in [0.5, 0.6) is 0 Å². The predicted octanol–water partition coefficient (Wildman–Crippen LogP) is 12.0. The van der Waals surface area contributed by atoms with E-state index in [4.69, 9.17) is 0 Å². The number of benzene rings is 6. The molecule has 3 aliphatic carbocycles. The van der Waals surface area contributed by atoms with Crippen LogP contribution in [0.4, 0.5) is 0 Å². The second-order valence-corrected chi connectivity index (χ2v) is 14.1. The molecule has 0 radical (unpaired) electrons. The van der Waals surface area contributed by atoms with Gasteiger partial charge in [0.1, 0.15) is 0 Å². The molecular formula is C45H32S. The highest BCUT2D eigenvalue weighted by atomic mass is 32.1. The number of thiophene rings is 1. The van der Waals surface area contributed by atoms with Gasteiger partial charge >= 0.3 is 0 Å². The van der Waals surface area contributed by atoms with Crippen molar-refractivity contribution in [2.75, 3.05) is 0 Å². The summed E-state index contributed by atoms with van der Waals surface area (Å²) >= 11 is 1.91. The SMILES string of the molecule is C1=CCc2c(ccc3c2-c2ccccc2C3)C(c2ccc(C3c4ccccc4-c4c3ccc3sc5ccccc5c43)cc2)CC=C1. The first kappa shape index (κ1) is 26.3. The van der Waals surface area contributed by atoms with Crippen LogP contribution in [-0.2, 0) is 12.8 Å². The Morgan fingerprint density at radius 1 is 0.522 bits per heavy atom. The summed E-state index contributed by atoms with van der Waals surface area (Å²) in [7, 11) is 0. The van der Waals surface area contributed by atoms with Crippen LogP contribution in [0.15, 0.2) is 146 Å². The molecule has 0 aliphatic heterocycles. The fourth-order valence-electron chi connectivity index (χ4n) is 8.65. The molecule has 3 aliphatic rings. The molecule has 10 rings (SSSR count). The molecule has 46 heavy (non-hydrogen) atoms. The Kier molecular flexibility index (Phi) is 5.86. The zero-order chi connectivity index (χ0) is 30.2. The van der Waals surface area contributed by atoms with Crippen molar-refractivity contribution in [3.05, 3.63) is 190 Å². The first-order chi connectivity index (χ1) is 22.8. The summed E-state index contributed by atoms with van der Waals surface area (Å²) in [5.74, 6) is 0.554. The summed E-state index contributed by atoms with van der Waals surface area (Å²) in [4.78, 5) is 0. The van der Waals surface area contributed by atoms with Crippen LogP contribution in [0, 0.1) is 0 Å². The summed E-state index contributed by atoms with van der Waals surface area (Å²) in [6, 6.07) is 46.3. The van der Waals surface area contributed by atoms with Crippen LogP contribution in [0.3, 0.4) is 0 Å². The molecule has 7 aromatic rings. The zero-order valence-corrected chi connectivity index (χ0v) is 26.4. The van der Waals surface area contributed by atoms with Crippen molar-refractivity contribution in [1.82, 2.24) is 0 Å². The molecule has 2 atom stereocenters. The first-order valence-corrected chi connectivity index (χ1v) is 17.3. The van der Waals surface area contributed by atoms with E-state index in [1.54, 1.807) is 0 Å². The van der Waals surface area contributed by atoms with E-state index in [1.807, 2.05) is 11.3 Å². The number of rotatable bonds is 2. The standard InChI is InChI=1S/C45H32S/c1-2-4-14-35-34(24-23-31-27-30-11-5-6-13-33(30)43(31)35)32(12-3-1)28-19-21-29(22-20-28)42-36-15-7-8-16-37(36)44-39(42)25-26-41-45(44)38-17-9-10-18-40(38)46-41/h1-11,13,15-26,32,42H,12,14,27H2. The van der Waals surface area contributed by atoms with Gasteiger partial charge in [-0.25, -0.2) is 0 Å². The molecule has 218 valence electrons. The average Bonchev–Trinajstić information content (AvgIpc) is 3.79. The van der Waals surface area contributed by atoms with Gasteiger partial charge in [0.15, 0.2) is 0 Å². The Bertz CT molecular complexity index is 2400. The number of hydrogen-bond donors (Lipinski definition) is 0. The third kappa shape index (κ3) is 3.85. The van der Waals surface area contributed by atoms with Crippen LogP contribution in [0.2, 0.25) is 0 Å². The first-order valence-electron chi connectivity index (χ1n) is 16.5. The zero-order valence-electron chi connectivity index (χ0n) is 25.5. The van der Waals surface area contributed by atoms with Crippen molar-refractivity contribution in [3.63, 3.8) is 0 Å². The van der Waals surface area contributed by atoms with Crippen molar-refractivity contribution in [2.24, 2.45) is 0 Å². The van der Waals surface area contributed by atoms with E-state index < -0.39 is 0 Å². The maximum absolute atomic E-state index is 2.44. The summed E-state index contributed by atoms with van der Waals surface area (Å²) in [6.45, 7) is 0. The van der Waals surface area contributed by atoms with Gasteiger partial charge in [0.25, 0.3) is 0 Å². The van der Waals surface area contributed by atoms with Gasteiger partial charge in [-0.2, -0.15) is 0 Å². The van der Waals surface area contributed by atoms with Gasteiger partial charge in [-0.3, -0.25) is 0 Å². The van der Waals surface area contributed by atoms with Crippen molar-refractivity contribution < 1.29 is 0 Å². The van der Waals surface area contributed by atoms with Gasteiger partial charge in [-0.15, -0.1) is 11.3 Å². The fraction of sp³-hybridized carbons (Fsp3) is 0.111. The lowest BCUT2D eigenvalue weighted by atomic mass is 9.81. The van der Waals surface area contributed by atoms with Gasteiger partial charge in [-0.05, 0) is 98.2 Å². The van der Waals surface area contributed by atoms with Gasteiger partial charge < -0.3 is 0 Å². The molecule has 0 saturated heterocycles. The Balaban J connectivity index is 1.10. The van der Waals surface area contributed by atoms with E-state index in [-0.39, 0.29) is 5.92 Å². The molecule has 2 unspecified atom stereocenters. The lowest BCUT2D eigenvalue weighted by Crippen LogP contribution is -2.07. The van der Waals surface area contributed by atoms with E-state index >= 15 is 0 Å². The summed E-state index contributed by atoms with van der Waals surface area (Å²) < 4.78 is 2.74. The highest BCUT2D eigenvalue weighted by molar-refractivity contribution is 7.26. The van der Waals surface area contributed by atoms with Crippen molar-refractivity contribution in [1.29, 1.82) is 0 Å². The van der Waals surface area contributed by atoms with Gasteiger partial charge in [0.2, 0.25) is 0 Å². The van der Waals surface area contributed by atoms with Gasteiger partial charge in [0, 0.05) is 32.0 Å². The minimum Gasteiger partial charge on any atom is -0.135 e. The molecule has 0 N–H and O–H groups in total. The predicted molar refractivity (Wildman–Crippen MR) is 195 cm³/mol. The smallest absolute Gasteiger partial charge is 0.0361 e. The number of fused-ring (bicyclic) bond motifs is 12. The van der Waals surface area contributed by atoms with Crippen LogP contribution in [-0.4, -0.2) is 0 Å². The third-order valence-electron chi connectivity index (χ3n) is 10.7. The summed E-state index contributed by atoms with van der Waals surface area (Å²) in [6.07, 6.45) is 12.2. The maximum atomic E-state index is 2.44. The number of hydrogen-bond acceptors (Lipinski definition) is 1. The average molecular weight is 605 g/mol. The number of allylic oxidation sites excluding steroid dienone is 4. The third-order valence-corrected chi connectivity index (χ3v) is 11.8. The molecular weight excluding hydrogens is 573 g/mol. The lowest BCUT2D eigenvalue weighted by molar-refractivity contribution is 0.817. The Hall–Kier alpha value is -4.98. The van der Waals surface area contributed by atoms with Crippen molar-refractivity contribution in [2.45, 2.75) is 31.1 Å². The van der Waals surface area contributed by atoms with Crippen molar-refractivity contribution >= 4 is 31.5 Å². The maximum Gasteiger partial charge on any atom is 0.0361 e. The minimum absolute atomic E-state index is 0.236. The lowest BCUT2D eigenvalue weighted by Gasteiger charge is -2.23. The quantitative estimate of drug-likeness (QED) is 0.184. The van der Waals surface area contributed by atoms with Crippen molar-refractivity contribution in [3.8, 4) is 22.3 Å². The Labute approximate surface area is 274 Å². The molecule has 1 heteroatoms. The molecule has 0 nitrogen and oxygen atoms in total. The Morgan fingerprint density at radius 2 is 1.28 bits per heavy atom.